The molecule has 0 atom stereocenters. The lowest BCUT2D eigenvalue weighted by Gasteiger charge is -2.02. The zero-order valence-electron chi connectivity index (χ0n) is 13.9. The monoisotopic (exact) mass is 366 g/mol. The van der Waals surface area contributed by atoms with Crippen LogP contribution in [0.5, 0.6) is 5.75 Å². The predicted molar refractivity (Wildman–Crippen MR) is 98.9 cm³/mol. The molecule has 2 aromatic carbocycles. The molecule has 2 aromatic heterocycles. The first-order chi connectivity index (χ1) is 12.7. The van der Waals surface area contributed by atoms with Gasteiger partial charge in [0.1, 0.15) is 11.4 Å². The van der Waals surface area contributed by atoms with Crippen molar-refractivity contribution in [1.29, 1.82) is 0 Å². The summed E-state index contributed by atoms with van der Waals surface area (Å²) in [5.74, 6) is 1.69. The van der Waals surface area contributed by atoms with Crippen LogP contribution in [-0.2, 0) is 0 Å². The van der Waals surface area contributed by atoms with Crippen molar-refractivity contribution in [2.75, 3.05) is 6.61 Å². The third-order valence-corrected chi connectivity index (χ3v) is 4.05. The van der Waals surface area contributed by atoms with Gasteiger partial charge in [-0.25, -0.2) is 0 Å². The van der Waals surface area contributed by atoms with Crippen LogP contribution in [-0.4, -0.2) is 26.9 Å². The van der Waals surface area contributed by atoms with E-state index in [0.29, 0.717) is 29.0 Å². The molecule has 0 unspecified atom stereocenters. The van der Waals surface area contributed by atoms with Crippen molar-refractivity contribution < 1.29 is 9.26 Å². The largest absolute Gasteiger partial charge is 0.494 e. The van der Waals surface area contributed by atoms with Gasteiger partial charge in [-0.2, -0.15) is 10.1 Å². The molecule has 0 fully saturated rings. The lowest BCUT2D eigenvalue weighted by Crippen LogP contribution is -1.90. The molecule has 7 heteroatoms. The van der Waals surface area contributed by atoms with E-state index in [9.17, 15) is 0 Å². The smallest absolute Gasteiger partial charge is 0.276 e. The Morgan fingerprint density at radius 2 is 1.77 bits per heavy atom. The zero-order chi connectivity index (χ0) is 17.9. The fraction of sp³-hybridized carbons (Fsp3) is 0.105. The lowest BCUT2D eigenvalue weighted by atomic mass is 10.1. The highest BCUT2D eigenvalue weighted by atomic mass is 35.5. The fourth-order valence-electron chi connectivity index (χ4n) is 2.52. The first kappa shape index (κ1) is 16.4. The minimum atomic E-state index is 0.376. The molecule has 0 radical (unpaired) electrons. The molecule has 0 saturated heterocycles. The Kier molecular flexibility index (Phi) is 4.41. The number of H-pyrrole nitrogens is 1. The molecule has 4 rings (SSSR count). The predicted octanol–water partition coefficient (Wildman–Crippen LogP) is 4.85. The second-order valence-electron chi connectivity index (χ2n) is 5.55. The molecule has 0 amide bonds. The van der Waals surface area contributed by atoms with Crippen LogP contribution in [0.15, 0.2) is 59.1 Å². The topological polar surface area (TPSA) is 76.8 Å². The summed E-state index contributed by atoms with van der Waals surface area (Å²) >= 11 is 5.92. The molecule has 0 aliphatic carbocycles. The van der Waals surface area contributed by atoms with Gasteiger partial charge in [0.2, 0.25) is 5.82 Å². The van der Waals surface area contributed by atoms with Crippen molar-refractivity contribution in [2.24, 2.45) is 0 Å². The third-order valence-electron chi connectivity index (χ3n) is 3.80. The van der Waals surface area contributed by atoms with Gasteiger partial charge in [-0.3, -0.25) is 5.10 Å². The lowest BCUT2D eigenvalue weighted by molar-refractivity contribution is 0.340. The van der Waals surface area contributed by atoms with Crippen LogP contribution in [0.4, 0.5) is 0 Å². The van der Waals surface area contributed by atoms with Crippen molar-refractivity contribution in [3.63, 3.8) is 0 Å². The SMILES string of the molecule is CCOc1ccc(-c2noc(-c3cc(-c4ccc(Cl)cc4)n[nH]3)n2)cc1. The standard InChI is InChI=1S/C19H15ClN4O2/c1-2-25-15-9-5-13(6-10-15)18-21-19(26-24-18)17-11-16(22-23-17)12-3-7-14(20)8-4-12/h3-11H,2H2,1H3,(H,22,23). The van der Waals surface area contributed by atoms with Crippen LogP contribution in [0, 0.1) is 0 Å². The van der Waals surface area contributed by atoms with Crippen LogP contribution < -0.4 is 4.74 Å². The first-order valence-corrected chi connectivity index (χ1v) is 8.49. The highest BCUT2D eigenvalue weighted by Gasteiger charge is 2.14. The van der Waals surface area contributed by atoms with Crippen molar-refractivity contribution >= 4 is 11.6 Å². The average Bonchev–Trinajstić information content (AvgIpc) is 3.33. The Morgan fingerprint density at radius 3 is 2.50 bits per heavy atom. The van der Waals surface area contributed by atoms with Crippen molar-refractivity contribution in [2.45, 2.75) is 6.92 Å². The van der Waals surface area contributed by atoms with Crippen molar-refractivity contribution in [1.82, 2.24) is 20.3 Å². The van der Waals surface area contributed by atoms with E-state index in [0.717, 1.165) is 22.6 Å². The van der Waals surface area contributed by atoms with E-state index >= 15 is 0 Å². The van der Waals surface area contributed by atoms with E-state index in [-0.39, 0.29) is 0 Å². The van der Waals surface area contributed by atoms with E-state index < -0.39 is 0 Å². The van der Waals surface area contributed by atoms with Gasteiger partial charge in [0, 0.05) is 16.1 Å². The van der Waals surface area contributed by atoms with Crippen LogP contribution >= 0.6 is 11.6 Å². The number of aromatic amines is 1. The summed E-state index contributed by atoms with van der Waals surface area (Å²) in [7, 11) is 0. The van der Waals surface area contributed by atoms with E-state index in [2.05, 4.69) is 20.3 Å². The Balaban J connectivity index is 1.57. The van der Waals surface area contributed by atoms with Gasteiger partial charge in [-0.05, 0) is 49.4 Å². The number of ether oxygens (including phenoxy) is 1. The first-order valence-electron chi connectivity index (χ1n) is 8.11. The van der Waals surface area contributed by atoms with Gasteiger partial charge < -0.3 is 9.26 Å². The van der Waals surface area contributed by atoms with Crippen LogP contribution in [0.2, 0.25) is 5.02 Å². The quantitative estimate of drug-likeness (QED) is 0.546. The zero-order valence-corrected chi connectivity index (χ0v) is 14.7. The maximum absolute atomic E-state index is 5.92. The maximum atomic E-state index is 5.92. The molecular weight excluding hydrogens is 352 g/mol. The molecule has 26 heavy (non-hydrogen) atoms. The Labute approximate surface area is 154 Å². The van der Waals surface area contributed by atoms with Gasteiger partial charge in [0.05, 0.1) is 12.3 Å². The van der Waals surface area contributed by atoms with Crippen molar-refractivity contribution in [3.05, 3.63) is 59.6 Å². The molecule has 0 spiro atoms. The van der Waals surface area contributed by atoms with Gasteiger partial charge in [0.15, 0.2) is 0 Å². The van der Waals surface area contributed by atoms with Crippen LogP contribution in [0.3, 0.4) is 0 Å². The number of benzene rings is 2. The number of hydrogen-bond donors (Lipinski definition) is 1. The van der Waals surface area contributed by atoms with E-state index in [1.807, 2.05) is 61.5 Å². The number of nitrogens with one attached hydrogen (secondary N) is 1. The van der Waals surface area contributed by atoms with Gasteiger partial charge in [0.25, 0.3) is 5.89 Å². The molecule has 0 saturated carbocycles. The van der Waals surface area contributed by atoms with Gasteiger partial charge in [-0.1, -0.05) is 28.9 Å². The molecule has 2 heterocycles. The summed E-state index contributed by atoms with van der Waals surface area (Å²) < 4.78 is 10.8. The molecule has 1 N–H and O–H groups in total. The normalized spacial score (nSPS) is 10.8. The molecule has 6 nitrogen and oxygen atoms in total. The molecule has 0 aliphatic rings. The van der Waals surface area contributed by atoms with Gasteiger partial charge in [-0.15, -0.1) is 0 Å². The molecule has 0 bridgehead atoms. The Bertz CT molecular complexity index is 1010. The number of rotatable bonds is 5. The van der Waals surface area contributed by atoms with Gasteiger partial charge >= 0.3 is 0 Å². The van der Waals surface area contributed by atoms with Crippen LogP contribution in [0.25, 0.3) is 34.2 Å². The Morgan fingerprint density at radius 1 is 1.04 bits per heavy atom. The summed E-state index contributed by atoms with van der Waals surface area (Å²) in [6, 6.07) is 16.9. The van der Waals surface area contributed by atoms with Crippen LogP contribution in [0.1, 0.15) is 6.92 Å². The second-order valence-corrected chi connectivity index (χ2v) is 5.99. The fourth-order valence-corrected chi connectivity index (χ4v) is 2.64. The maximum Gasteiger partial charge on any atom is 0.276 e. The van der Waals surface area contributed by atoms with Crippen molar-refractivity contribution in [3.8, 4) is 40.0 Å². The molecule has 4 aromatic rings. The summed E-state index contributed by atoms with van der Waals surface area (Å²) in [4.78, 5) is 4.44. The molecular formula is C19H15ClN4O2. The highest BCUT2D eigenvalue weighted by molar-refractivity contribution is 6.30. The molecule has 130 valence electrons. The van der Waals surface area contributed by atoms with E-state index in [4.69, 9.17) is 20.9 Å². The third kappa shape index (κ3) is 3.32. The highest BCUT2D eigenvalue weighted by Crippen LogP contribution is 2.26. The summed E-state index contributed by atoms with van der Waals surface area (Å²) in [6.45, 7) is 2.57. The number of nitrogens with zero attached hydrogens (tertiary/aromatic N) is 3. The van der Waals surface area contributed by atoms with E-state index in [1.165, 1.54) is 0 Å². The Hall–Kier alpha value is -3.12. The van der Waals surface area contributed by atoms with E-state index in [1.54, 1.807) is 0 Å². The minimum absolute atomic E-state index is 0.376. The average molecular weight is 367 g/mol. The summed E-state index contributed by atoms with van der Waals surface area (Å²) in [6.07, 6.45) is 0. The second kappa shape index (κ2) is 7.01. The summed E-state index contributed by atoms with van der Waals surface area (Å²) in [5.41, 5.74) is 3.22. The molecule has 0 aliphatic heterocycles. The minimum Gasteiger partial charge on any atom is -0.494 e. The number of halogens is 1. The number of aromatic nitrogens is 4. The summed E-state index contributed by atoms with van der Waals surface area (Å²) in [5, 5.41) is 11.9. The number of hydrogen-bond acceptors (Lipinski definition) is 5.